The first kappa shape index (κ1) is 16.2. The van der Waals surface area contributed by atoms with Gasteiger partial charge in [-0.15, -0.1) is 0 Å². The van der Waals surface area contributed by atoms with E-state index >= 15 is 0 Å². The Hall–Kier alpha value is -2.70. The van der Waals surface area contributed by atoms with Crippen LogP contribution >= 0.6 is 0 Å². The van der Waals surface area contributed by atoms with Crippen molar-refractivity contribution >= 4 is 11.9 Å². The molecule has 3 rings (SSSR count). The number of pyridine rings is 1. The Morgan fingerprint density at radius 1 is 1.50 bits per heavy atom. The van der Waals surface area contributed by atoms with Gasteiger partial charge in [-0.25, -0.2) is 14.0 Å². The molecule has 0 amide bonds. The van der Waals surface area contributed by atoms with Crippen LogP contribution in [0, 0.1) is 5.82 Å². The van der Waals surface area contributed by atoms with Crippen molar-refractivity contribution in [2.75, 3.05) is 13.7 Å². The summed E-state index contributed by atoms with van der Waals surface area (Å²) >= 11 is 0. The van der Waals surface area contributed by atoms with Crippen LogP contribution in [-0.4, -0.2) is 30.6 Å². The highest BCUT2D eigenvalue weighted by Gasteiger charge is 2.42. The Bertz CT molecular complexity index is 798. The molecule has 6 nitrogen and oxygen atoms in total. The Morgan fingerprint density at radius 3 is 2.92 bits per heavy atom. The van der Waals surface area contributed by atoms with Gasteiger partial charge in [0.25, 0.3) is 0 Å². The number of carbonyl (C=O) groups is 2. The fraction of sp³-hybridized carbons (Fsp3) is 0.353. The molecular formula is C17H17FN2O4. The second-order valence-corrected chi connectivity index (χ2v) is 5.60. The summed E-state index contributed by atoms with van der Waals surface area (Å²) in [6.07, 6.45) is 3.02. The van der Waals surface area contributed by atoms with Crippen LogP contribution in [-0.2, 0) is 25.5 Å². The molecule has 1 aromatic heterocycles. The van der Waals surface area contributed by atoms with E-state index < -0.39 is 23.7 Å². The summed E-state index contributed by atoms with van der Waals surface area (Å²) in [5.74, 6) is -2.34. The molecule has 0 aliphatic carbocycles. The van der Waals surface area contributed by atoms with Gasteiger partial charge < -0.3 is 14.8 Å². The van der Waals surface area contributed by atoms with Gasteiger partial charge in [-0.1, -0.05) is 6.92 Å². The molecule has 1 atom stereocenters. The maximum absolute atomic E-state index is 14.2. The monoisotopic (exact) mass is 332 g/mol. The smallest absolute Gasteiger partial charge is 0.337 e. The van der Waals surface area contributed by atoms with E-state index in [9.17, 15) is 14.0 Å². The van der Waals surface area contributed by atoms with E-state index in [0.717, 1.165) is 6.20 Å². The van der Waals surface area contributed by atoms with Crippen LogP contribution in [0.2, 0.25) is 0 Å². The lowest BCUT2D eigenvalue weighted by Gasteiger charge is -2.28. The number of carbonyl (C=O) groups excluding carboxylic acids is 2. The molecule has 0 aromatic carbocycles. The summed E-state index contributed by atoms with van der Waals surface area (Å²) in [5.41, 5.74) is 2.60. The second kappa shape index (κ2) is 6.07. The van der Waals surface area contributed by atoms with Gasteiger partial charge in [0, 0.05) is 11.9 Å². The summed E-state index contributed by atoms with van der Waals surface area (Å²) in [5, 5.41) is 3.02. The number of cyclic esters (lactones) is 1. The number of nitrogens with one attached hydrogen (secondary N) is 1. The third kappa shape index (κ3) is 2.36. The van der Waals surface area contributed by atoms with Crippen molar-refractivity contribution < 1.29 is 23.5 Å². The highest BCUT2D eigenvalue weighted by atomic mass is 19.1. The number of nitrogens with zero attached hydrogens (tertiary/aromatic N) is 1. The number of esters is 2. The standard InChI is InChI=1S/C17H17FN2O4/c1-4-9-10(5-19-6-11(9)18)14-13(16(21)23-3)8(2)20-12-7-24-17(22)15(12)14/h5-6,14,20H,4,7H2,1-3H3/t14-/m0/s1. The van der Waals surface area contributed by atoms with Crippen molar-refractivity contribution in [2.45, 2.75) is 26.2 Å². The lowest BCUT2D eigenvalue weighted by atomic mass is 9.79. The highest BCUT2D eigenvalue weighted by Crippen LogP contribution is 2.42. The number of methoxy groups -OCH3 is 1. The minimum absolute atomic E-state index is 0.0979. The first-order chi connectivity index (χ1) is 11.5. The van der Waals surface area contributed by atoms with Crippen LogP contribution < -0.4 is 5.32 Å². The van der Waals surface area contributed by atoms with Gasteiger partial charge in [0.1, 0.15) is 12.4 Å². The SMILES string of the molecule is CCc1c(F)cncc1[C@H]1C(C(=O)OC)=C(C)NC2=C1C(=O)OC2. The van der Waals surface area contributed by atoms with E-state index in [1.54, 1.807) is 13.8 Å². The fourth-order valence-corrected chi connectivity index (χ4v) is 3.26. The van der Waals surface area contributed by atoms with Crippen LogP contribution in [0.5, 0.6) is 0 Å². The van der Waals surface area contributed by atoms with Crippen molar-refractivity contribution in [3.05, 3.63) is 51.9 Å². The van der Waals surface area contributed by atoms with E-state index in [-0.39, 0.29) is 12.2 Å². The summed E-state index contributed by atoms with van der Waals surface area (Å²) in [6.45, 7) is 3.62. The zero-order valence-corrected chi connectivity index (χ0v) is 13.6. The van der Waals surface area contributed by atoms with E-state index in [1.165, 1.54) is 13.3 Å². The van der Waals surface area contributed by atoms with Crippen molar-refractivity contribution in [2.24, 2.45) is 0 Å². The van der Waals surface area contributed by atoms with Crippen molar-refractivity contribution in [3.8, 4) is 0 Å². The Balaban J connectivity index is 2.26. The number of halogens is 1. The predicted molar refractivity (Wildman–Crippen MR) is 82.2 cm³/mol. The molecule has 0 spiro atoms. The summed E-state index contributed by atoms with van der Waals surface area (Å²) in [4.78, 5) is 28.5. The topological polar surface area (TPSA) is 77.5 Å². The third-order valence-corrected chi connectivity index (χ3v) is 4.32. The van der Waals surface area contributed by atoms with Gasteiger partial charge in [-0.05, 0) is 24.5 Å². The molecule has 0 unspecified atom stereocenters. The first-order valence-electron chi connectivity index (χ1n) is 7.58. The molecule has 0 saturated carbocycles. The number of aromatic nitrogens is 1. The zero-order valence-electron chi connectivity index (χ0n) is 13.6. The van der Waals surface area contributed by atoms with Crippen LogP contribution in [0.4, 0.5) is 4.39 Å². The van der Waals surface area contributed by atoms with Crippen molar-refractivity contribution in [3.63, 3.8) is 0 Å². The molecule has 0 bridgehead atoms. The maximum Gasteiger partial charge on any atom is 0.337 e. The first-order valence-corrected chi connectivity index (χ1v) is 7.58. The number of hydrogen-bond donors (Lipinski definition) is 1. The summed E-state index contributed by atoms with van der Waals surface area (Å²) < 4.78 is 24.2. The minimum Gasteiger partial charge on any atom is -0.466 e. The third-order valence-electron chi connectivity index (χ3n) is 4.32. The molecule has 1 aromatic rings. The quantitative estimate of drug-likeness (QED) is 0.850. The van der Waals surface area contributed by atoms with E-state index in [2.05, 4.69) is 10.3 Å². The van der Waals surface area contributed by atoms with Crippen molar-refractivity contribution in [1.29, 1.82) is 0 Å². The van der Waals surface area contributed by atoms with E-state index in [4.69, 9.17) is 9.47 Å². The molecule has 3 heterocycles. The maximum atomic E-state index is 14.2. The molecule has 0 radical (unpaired) electrons. The molecule has 24 heavy (non-hydrogen) atoms. The fourth-order valence-electron chi connectivity index (χ4n) is 3.26. The second-order valence-electron chi connectivity index (χ2n) is 5.60. The average molecular weight is 332 g/mol. The predicted octanol–water partition coefficient (Wildman–Crippen LogP) is 1.73. The van der Waals surface area contributed by atoms with Gasteiger partial charge in [0.05, 0.1) is 36.1 Å². The molecule has 126 valence electrons. The number of allylic oxidation sites excluding steroid dienone is 1. The van der Waals surface area contributed by atoms with E-state index in [0.29, 0.717) is 34.5 Å². The molecule has 0 fully saturated rings. The number of rotatable bonds is 3. The van der Waals surface area contributed by atoms with Crippen LogP contribution in [0.3, 0.4) is 0 Å². The van der Waals surface area contributed by atoms with E-state index in [1.807, 2.05) is 0 Å². The minimum atomic E-state index is -0.762. The van der Waals surface area contributed by atoms with Gasteiger partial charge in [-0.2, -0.15) is 0 Å². The molecule has 1 N–H and O–H groups in total. The number of hydrogen-bond acceptors (Lipinski definition) is 6. The Labute approximate surface area is 138 Å². The van der Waals surface area contributed by atoms with Gasteiger partial charge in [0.15, 0.2) is 0 Å². The average Bonchev–Trinajstić information content (AvgIpc) is 2.93. The van der Waals surface area contributed by atoms with Gasteiger partial charge in [0.2, 0.25) is 0 Å². The van der Waals surface area contributed by atoms with Crippen LogP contribution in [0.25, 0.3) is 0 Å². The Kier molecular flexibility index (Phi) is 4.09. The molecule has 7 heteroatoms. The lowest BCUT2D eigenvalue weighted by Crippen LogP contribution is -2.30. The Morgan fingerprint density at radius 2 is 2.25 bits per heavy atom. The van der Waals surface area contributed by atoms with Crippen molar-refractivity contribution in [1.82, 2.24) is 10.3 Å². The molecular weight excluding hydrogens is 315 g/mol. The van der Waals surface area contributed by atoms with Gasteiger partial charge >= 0.3 is 11.9 Å². The number of ether oxygens (including phenoxy) is 2. The molecule has 0 saturated heterocycles. The number of dihydropyridines is 1. The summed E-state index contributed by atoms with van der Waals surface area (Å²) in [7, 11) is 1.26. The molecule has 2 aliphatic rings. The zero-order chi connectivity index (χ0) is 17.4. The lowest BCUT2D eigenvalue weighted by molar-refractivity contribution is -0.136. The normalized spacial score (nSPS) is 19.8. The van der Waals surface area contributed by atoms with Crippen LogP contribution in [0.1, 0.15) is 30.9 Å². The van der Waals surface area contributed by atoms with Crippen LogP contribution in [0.15, 0.2) is 34.9 Å². The highest BCUT2D eigenvalue weighted by molar-refractivity contribution is 6.01. The largest absolute Gasteiger partial charge is 0.466 e. The molecule has 2 aliphatic heterocycles. The van der Waals surface area contributed by atoms with Gasteiger partial charge in [-0.3, -0.25) is 4.98 Å². The summed E-state index contributed by atoms with van der Waals surface area (Å²) in [6, 6.07) is 0.